The van der Waals surface area contributed by atoms with Crippen LogP contribution in [0.25, 0.3) is 0 Å². The summed E-state index contributed by atoms with van der Waals surface area (Å²) in [5, 5.41) is 0. The Labute approximate surface area is 127 Å². The van der Waals surface area contributed by atoms with E-state index in [2.05, 4.69) is 34.3 Å². The summed E-state index contributed by atoms with van der Waals surface area (Å²) in [4.78, 5) is 0. The van der Waals surface area contributed by atoms with Gasteiger partial charge in [-0.05, 0) is 36.2 Å². The van der Waals surface area contributed by atoms with Crippen molar-refractivity contribution in [1.29, 1.82) is 0 Å². The first-order chi connectivity index (χ1) is 9.69. The van der Waals surface area contributed by atoms with Crippen molar-refractivity contribution in [2.45, 2.75) is 25.8 Å². The van der Waals surface area contributed by atoms with E-state index in [0.717, 1.165) is 40.0 Å². The number of halogens is 1. The zero-order chi connectivity index (χ0) is 14.5. The van der Waals surface area contributed by atoms with Gasteiger partial charge in [0, 0.05) is 16.5 Å². The van der Waals surface area contributed by atoms with E-state index in [9.17, 15) is 0 Å². The van der Waals surface area contributed by atoms with Crippen LogP contribution in [-0.2, 0) is 12.8 Å². The van der Waals surface area contributed by atoms with Crippen molar-refractivity contribution < 1.29 is 9.15 Å². The Balaban J connectivity index is 2.29. The van der Waals surface area contributed by atoms with Crippen molar-refractivity contribution >= 4 is 15.9 Å². The second-order valence-electron chi connectivity index (χ2n) is 4.53. The molecule has 0 fully saturated rings. The Morgan fingerprint density at radius 3 is 2.85 bits per heavy atom. The molecule has 2 rings (SSSR count). The third-order valence-corrected chi connectivity index (χ3v) is 3.84. The molecule has 108 valence electrons. The van der Waals surface area contributed by atoms with Gasteiger partial charge in [0.25, 0.3) is 0 Å². The van der Waals surface area contributed by atoms with Gasteiger partial charge in [0.05, 0.1) is 19.4 Å². The molecule has 1 heterocycles. The number of hydrogen-bond acceptors (Lipinski definition) is 4. The van der Waals surface area contributed by atoms with Crippen molar-refractivity contribution in [3.05, 3.63) is 51.9 Å². The average molecular weight is 339 g/mol. The number of benzene rings is 1. The summed E-state index contributed by atoms with van der Waals surface area (Å²) in [6.07, 6.45) is 3.28. The minimum atomic E-state index is -0.00750. The van der Waals surface area contributed by atoms with Gasteiger partial charge in [0.2, 0.25) is 0 Å². The van der Waals surface area contributed by atoms with Gasteiger partial charge < -0.3 is 9.15 Å². The Morgan fingerprint density at radius 2 is 2.20 bits per heavy atom. The van der Waals surface area contributed by atoms with Crippen LogP contribution in [0.15, 0.2) is 39.4 Å². The Kier molecular flexibility index (Phi) is 5.23. The first-order valence-electron chi connectivity index (χ1n) is 6.54. The summed E-state index contributed by atoms with van der Waals surface area (Å²) in [6, 6.07) is 7.92. The topological polar surface area (TPSA) is 60.4 Å². The number of aryl methyl sites for hydroxylation is 1. The lowest BCUT2D eigenvalue weighted by Crippen LogP contribution is -2.30. The van der Waals surface area contributed by atoms with E-state index >= 15 is 0 Å². The molecule has 1 atom stereocenters. The van der Waals surface area contributed by atoms with Crippen LogP contribution in [0.1, 0.15) is 29.9 Å². The molecule has 0 bridgehead atoms. The molecule has 0 saturated carbocycles. The fourth-order valence-corrected chi connectivity index (χ4v) is 2.74. The third-order valence-electron chi connectivity index (χ3n) is 3.34. The lowest BCUT2D eigenvalue weighted by atomic mass is 9.98. The minimum Gasteiger partial charge on any atom is -0.496 e. The normalized spacial score (nSPS) is 12.4. The smallest absolute Gasteiger partial charge is 0.122 e. The Morgan fingerprint density at radius 1 is 1.40 bits per heavy atom. The van der Waals surface area contributed by atoms with E-state index in [4.69, 9.17) is 15.0 Å². The molecule has 1 unspecified atom stereocenters. The lowest BCUT2D eigenvalue weighted by Gasteiger charge is -2.18. The van der Waals surface area contributed by atoms with Gasteiger partial charge in [0.1, 0.15) is 11.5 Å². The number of rotatable bonds is 6. The maximum Gasteiger partial charge on any atom is 0.122 e. The van der Waals surface area contributed by atoms with Crippen LogP contribution in [0.5, 0.6) is 5.75 Å². The van der Waals surface area contributed by atoms with Crippen molar-refractivity contribution in [2.24, 2.45) is 5.84 Å². The predicted molar refractivity (Wildman–Crippen MR) is 82.5 cm³/mol. The van der Waals surface area contributed by atoms with E-state index in [1.807, 2.05) is 18.2 Å². The number of methoxy groups -OCH3 is 1. The number of ether oxygens (including phenoxy) is 1. The first kappa shape index (κ1) is 15.1. The van der Waals surface area contributed by atoms with Crippen molar-refractivity contribution in [3.8, 4) is 5.75 Å². The monoisotopic (exact) mass is 338 g/mol. The molecule has 1 aromatic carbocycles. The van der Waals surface area contributed by atoms with Gasteiger partial charge in [0.15, 0.2) is 0 Å². The average Bonchev–Trinajstić information content (AvgIpc) is 2.93. The summed E-state index contributed by atoms with van der Waals surface area (Å²) in [5.74, 6) is 7.54. The van der Waals surface area contributed by atoms with Gasteiger partial charge in [-0.25, -0.2) is 0 Å². The number of hydrazine groups is 1. The fraction of sp³-hybridized carbons (Fsp3) is 0.333. The number of nitrogens with two attached hydrogens (primary N) is 1. The highest BCUT2D eigenvalue weighted by Crippen LogP contribution is 2.29. The van der Waals surface area contributed by atoms with Crippen LogP contribution in [0.2, 0.25) is 0 Å². The molecule has 0 aliphatic carbocycles. The van der Waals surface area contributed by atoms with E-state index in [1.54, 1.807) is 13.4 Å². The first-order valence-corrected chi connectivity index (χ1v) is 7.33. The fourth-order valence-electron chi connectivity index (χ4n) is 2.33. The van der Waals surface area contributed by atoms with E-state index < -0.39 is 0 Å². The molecule has 5 heteroatoms. The van der Waals surface area contributed by atoms with Crippen LogP contribution in [0, 0.1) is 0 Å². The SMILES string of the molecule is CCc1occc1C(Cc1cc(Br)ccc1OC)NN. The standard InChI is InChI=1S/C15H19BrN2O2/c1-3-14-12(6-7-20-14)13(18-17)9-10-8-11(16)4-5-15(10)19-2/h4-8,13,18H,3,9,17H2,1-2H3. The zero-order valence-corrected chi connectivity index (χ0v) is 13.2. The largest absolute Gasteiger partial charge is 0.496 e. The lowest BCUT2D eigenvalue weighted by molar-refractivity contribution is 0.405. The molecule has 4 nitrogen and oxygen atoms in total. The highest BCUT2D eigenvalue weighted by molar-refractivity contribution is 9.10. The van der Waals surface area contributed by atoms with Gasteiger partial charge in [-0.15, -0.1) is 0 Å². The van der Waals surface area contributed by atoms with Crippen LogP contribution in [0.3, 0.4) is 0 Å². The molecule has 0 spiro atoms. The summed E-state index contributed by atoms with van der Waals surface area (Å²) in [7, 11) is 1.67. The summed E-state index contributed by atoms with van der Waals surface area (Å²) >= 11 is 3.49. The quantitative estimate of drug-likeness (QED) is 0.626. The summed E-state index contributed by atoms with van der Waals surface area (Å²) in [6.45, 7) is 2.07. The second kappa shape index (κ2) is 6.92. The number of hydrogen-bond donors (Lipinski definition) is 2. The number of furan rings is 1. The highest BCUT2D eigenvalue weighted by atomic mass is 79.9. The van der Waals surface area contributed by atoms with E-state index in [0.29, 0.717) is 0 Å². The zero-order valence-electron chi connectivity index (χ0n) is 11.7. The van der Waals surface area contributed by atoms with Gasteiger partial charge in [-0.2, -0.15) is 0 Å². The second-order valence-corrected chi connectivity index (χ2v) is 5.45. The van der Waals surface area contributed by atoms with Crippen LogP contribution >= 0.6 is 15.9 Å². The molecule has 3 N–H and O–H groups in total. The summed E-state index contributed by atoms with van der Waals surface area (Å²) in [5.41, 5.74) is 5.05. The molecule has 0 saturated heterocycles. The molecule has 20 heavy (non-hydrogen) atoms. The molecule has 0 aliphatic rings. The molecule has 0 aliphatic heterocycles. The van der Waals surface area contributed by atoms with Gasteiger partial charge in [-0.3, -0.25) is 11.3 Å². The maximum atomic E-state index is 5.72. The summed E-state index contributed by atoms with van der Waals surface area (Å²) < 4.78 is 11.9. The third kappa shape index (κ3) is 3.23. The highest BCUT2D eigenvalue weighted by Gasteiger charge is 2.18. The van der Waals surface area contributed by atoms with Gasteiger partial charge in [-0.1, -0.05) is 22.9 Å². The van der Waals surface area contributed by atoms with E-state index in [1.165, 1.54) is 0 Å². The van der Waals surface area contributed by atoms with Crippen LogP contribution < -0.4 is 16.0 Å². The molecule has 0 radical (unpaired) electrons. The minimum absolute atomic E-state index is 0.00750. The van der Waals surface area contributed by atoms with Crippen molar-refractivity contribution in [1.82, 2.24) is 5.43 Å². The van der Waals surface area contributed by atoms with Crippen molar-refractivity contribution in [2.75, 3.05) is 7.11 Å². The van der Waals surface area contributed by atoms with Gasteiger partial charge >= 0.3 is 0 Å². The molecular weight excluding hydrogens is 320 g/mol. The van der Waals surface area contributed by atoms with Crippen LogP contribution in [-0.4, -0.2) is 7.11 Å². The van der Waals surface area contributed by atoms with Crippen LogP contribution in [0.4, 0.5) is 0 Å². The van der Waals surface area contributed by atoms with Crippen molar-refractivity contribution in [3.63, 3.8) is 0 Å². The van der Waals surface area contributed by atoms with E-state index in [-0.39, 0.29) is 6.04 Å². The molecular formula is C15H19BrN2O2. The molecule has 1 aromatic heterocycles. The predicted octanol–water partition coefficient (Wildman–Crippen LogP) is 3.36. The Hall–Kier alpha value is -1.30. The number of nitrogens with one attached hydrogen (secondary N) is 1. The Bertz CT molecular complexity index is 569. The maximum absolute atomic E-state index is 5.72. The molecule has 2 aromatic rings. The molecule has 0 amide bonds.